The van der Waals surface area contributed by atoms with Crippen molar-refractivity contribution in [1.82, 2.24) is 15.5 Å². The molecule has 6 nitrogen and oxygen atoms in total. The number of amides is 1. The molecule has 27 heavy (non-hydrogen) atoms. The molecule has 1 fully saturated rings. The molecule has 0 bridgehead atoms. The van der Waals surface area contributed by atoms with Crippen molar-refractivity contribution in [2.45, 2.75) is 24.5 Å². The van der Waals surface area contributed by atoms with Gasteiger partial charge in [0.1, 0.15) is 0 Å². The second-order valence-electron chi connectivity index (χ2n) is 6.93. The first-order chi connectivity index (χ1) is 13.1. The van der Waals surface area contributed by atoms with E-state index in [9.17, 15) is 9.90 Å². The number of hydrogen-bond donors (Lipinski definition) is 3. The van der Waals surface area contributed by atoms with Crippen LogP contribution in [0, 0.1) is 0 Å². The molecule has 1 amide bonds. The average molecular weight is 388 g/mol. The van der Waals surface area contributed by atoms with Gasteiger partial charge in [-0.05, 0) is 31.1 Å². The monoisotopic (exact) mass is 387 g/mol. The molecule has 3 heterocycles. The number of nitrogens with one attached hydrogen (secondary N) is 2. The zero-order valence-corrected chi connectivity index (χ0v) is 15.6. The Bertz CT molecular complexity index is 828. The van der Waals surface area contributed by atoms with Crippen LogP contribution in [0.2, 0.25) is 5.02 Å². The molecule has 3 N–H and O–H groups in total. The van der Waals surface area contributed by atoms with Crippen molar-refractivity contribution in [3.63, 3.8) is 0 Å². The summed E-state index contributed by atoms with van der Waals surface area (Å²) in [5.41, 5.74) is 1.90. The zero-order valence-electron chi connectivity index (χ0n) is 14.8. The van der Waals surface area contributed by atoms with Crippen LogP contribution in [0.4, 0.5) is 0 Å². The van der Waals surface area contributed by atoms with Crippen molar-refractivity contribution < 1.29 is 14.6 Å². The second-order valence-corrected chi connectivity index (χ2v) is 7.34. The number of carbonyl (C=O) groups is 1. The van der Waals surface area contributed by atoms with Crippen LogP contribution in [-0.2, 0) is 9.53 Å². The molecule has 3 aliphatic rings. The van der Waals surface area contributed by atoms with E-state index in [2.05, 4.69) is 10.6 Å². The van der Waals surface area contributed by atoms with E-state index in [1.165, 1.54) is 0 Å². The van der Waals surface area contributed by atoms with E-state index in [1.54, 1.807) is 0 Å². The fraction of sp³-hybridized carbons (Fsp3) is 0.350. The molecule has 0 aliphatic carbocycles. The van der Waals surface area contributed by atoms with Gasteiger partial charge in [-0.15, -0.1) is 0 Å². The van der Waals surface area contributed by atoms with Crippen LogP contribution >= 0.6 is 11.6 Å². The molecule has 1 atom stereocenters. The zero-order chi connectivity index (χ0) is 18.9. The smallest absolute Gasteiger partial charge is 0.264 e. The van der Waals surface area contributed by atoms with Crippen molar-refractivity contribution >= 4 is 23.2 Å². The van der Waals surface area contributed by atoms with Gasteiger partial charge >= 0.3 is 0 Å². The first-order valence-corrected chi connectivity index (χ1v) is 9.41. The molecule has 0 aromatic heterocycles. The van der Waals surface area contributed by atoms with Gasteiger partial charge in [-0.25, -0.2) is 0 Å². The number of aliphatic hydroxyl groups excluding tert-OH is 1. The summed E-state index contributed by atoms with van der Waals surface area (Å²) in [6, 6.07) is 7.55. The summed E-state index contributed by atoms with van der Waals surface area (Å²) in [5.74, 6) is -0.189. The van der Waals surface area contributed by atoms with Gasteiger partial charge < -0.3 is 25.4 Å². The Morgan fingerprint density at radius 3 is 2.85 bits per heavy atom. The summed E-state index contributed by atoms with van der Waals surface area (Å²) < 4.78 is 5.38. The highest BCUT2D eigenvalue weighted by Crippen LogP contribution is 2.34. The molecule has 1 aromatic carbocycles. The lowest BCUT2D eigenvalue weighted by atomic mass is 9.91. The number of benzene rings is 1. The highest BCUT2D eigenvalue weighted by Gasteiger charge is 2.40. The number of rotatable bonds is 4. The van der Waals surface area contributed by atoms with Crippen LogP contribution in [0.3, 0.4) is 0 Å². The topological polar surface area (TPSA) is 73.8 Å². The standard InChI is InChI=1S/C20H22ClN3O3/c21-15-6-2-1-5-14(15)17-16-7-3-4-10-24(16)18(22-17)19(26)23-20(13-25)8-11-27-12-9-20/h1-7,10,18,22,25H,8-9,11-13H2,(H,23,26). The molecule has 0 spiro atoms. The van der Waals surface area contributed by atoms with Crippen molar-refractivity contribution in [2.75, 3.05) is 19.8 Å². The molecular formula is C20H22ClN3O3. The summed E-state index contributed by atoms with van der Waals surface area (Å²) in [5, 5.41) is 16.9. The van der Waals surface area contributed by atoms with E-state index in [1.807, 2.05) is 53.6 Å². The predicted octanol–water partition coefficient (Wildman–Crippen LogP) is 1.98. The lowest BCUT2D eigenvalue weighted by molar-refractivity contribution is -0.129. The normalized spacial score (nSPS) is 23.2. The maximum absolute atomic E-state index is 13.1. The maximum atomic E-state index is 13.1. The van der Waals surface area contributed by atoms with Gasteiger partial charge in [-0.2, -0.15) is 0 Å². The number of nitrogens with zero attached hydrogens (tertiary/aromatic N) is 1. The fourth-order valence-electron chi connectivity index (χ4n) is 3.66. The van der Waals surface area contributed by atoms with Crippen LogP contribution in [-0.4, -0.2) is 47.4 Å². The molecule has 3 aliphatic heterocycles. The summed E-state index contributed by atoms with van der Waals surface area (Å²) in [6.07, 6.45) is 8.21. The number of halogens is 1. The third-order valence-electron chi connectivity index (χ3n) is 5.24. The lowest BCUT2D eigenvalue weighted by Gasteiger charge is -2.38. The van der Waals surface area contributed by atoms with Crippen molar-refractivity contribution in [3.8, 4) is 0 Å². The number of hydrogen-bond acceptors (Lipinski definition) is 5. The minimum atomic E-state index is -0.639. The minimum absolute atomic E-state index is 0.109. The molecule has 0 saturated carbocycles. The molecular weight excluding hydrogens is 366 g/mol. The van der Waals surface area contributed by atoms with Crippen molar-refractivity contribution in [1.29, 1.82) is 0 Å². The number of aliphatic hydroxyl groups is 1. The highest BCUT2D eigenvalue weighted by molar-refractivity contribution is 6.32. The molecule has 0 radical (unpaired) electrons. The molecule has 7 heteroatoms. The van der Waals surface area contributed by atoms with Crippen LogP contribution in [0.1, 0.15) is 18.4 Å². The molecule has 1 saturated heterocycles. The SMILES string of the molecule is O=C(NC1(CO)CCOCC1)C1NC(c2ccccc2Cl)=C2C=CC=CN21. The van der Waals surface area contributed by atoms with E-state index in [0.29, 0.717) is 31.1 Å². The van der Waals surface area contributed by atoms with E-state index in [4.69, 9.17) is 16.3 Å². The Kier molecular flexibility index (Phi) is 4.95. The van der Waals surface area contributed by atoms with E-state index in [0.717, 1.165) is 17.0 Å². The van der Waals surface area contributed by atoms with Gasteiger partial charge in [0.15, 0.2) is 6.17 Å². The lowest BCUT2D eigenvalue weighted by Crippen LogP contribution is -2.60. The summed E-state index contributed by atoms with van der Waals surface area (Å²) >= 11 is 6.38. The van der Waals surface area contributed by atoms with E-state index < -0.39 is 11.7 Å². The quantitative estimate of drug-likeness (QED) is 0.736. The van der Waals surface area contributed by atoms with Crippen LogP contribution in [0.5, 0.6) is 0 Å². The summed E-state index contributed by atoms with van der Waals surface area (Å²) in [6.45, 7) is 0.946. The molecule has 1 unspecified atom stereocenters. The van der Waals surface area contributed by atoms with Crippen molar-refractivity contribution in [3.05, 3.63) is 65.0 Å². The van der Waals surface area contributed by atoms with Gasteiger partial charge in [0.25, 0.3) is 5.91 Å². The Morgan fingerprint density at radius 1 is 1.33 bits per heavy atom. The first-order valence-electron chi connectivity index (χ1n) is 9.03. The average Bonchev–Trinajstić information content (AvgIpc) is 3.09. The van der Waals surface area contributed by atoms with Crippen molar-refractivity contribution in [2.24, 2.45) is 0 Å². The second kappa shape index (κ2) is 7.38. The fourth-order valence-corrected chi connectivity index (χ4v) is 3.89. The summed E-state index contributed by atoms with van der Waals surface area (Å²) in [4.78, 5) is 15.0. The van der Waals surface area contributed by atoms with Gasteiger partial charge in [0, 0.05) is 30.0 Å². The van der Waals surface area contributed by atoms with Gasteiger partial charge in [0.05, 0.1) is 23.5 Å². The van der Waals surface area contributed by atoms with Gasteiger partial charge in [-0.1, -0.05) is 35.9 Å². The minimum Gasteiger partial charge on any atom is -0.394 e. The predicted molar refractivity (Wildman–Crippen MR) is 103 cm³/mol. The third kappa shape index (κ3) is 3.36. The van der Waals surface area contributed by atoms with Gasteiger partial charge in [-0.3, -0.25) is 4.79 Å². The van der Waals surface area contributed by atoms with Crippen LogP contribution in [0.25, 0.3) is 5.70 Å². The summed E-state index contributed by atoms with van der Waals surface area (Å²) in [7, 11) is 0. The van der Waals surface area contributed by atoms with Crippen LogP contribution < -0.4 is 10.6 Å². The van der Waals surface area contributed by atoms with Crippen LogP contribution in [0.15, 0.2) is 54.4 Å². The molecule has 4 rings (SSSR count). The van der Waals surface area contributed by atoms with E-state index >= 15 is 0 Å². The molecule has 142 valence electrons. The maximum Gasteiger partial charge on any atom is 0.264 e. The number of fused-ring (bicyclic) bond motifs is 1. The van der Waals surface area contributed by atoms with E-state index in [-0.39, 0.29) is 12.5 Å². The number of carbonyl (C=O) groups excluding carboxylic acids is 1. The highest BCUT2D eigenvalue weighted by atomic mass is 35.5. The number of ether oxygens (including phenoxy) is 1. The Hall–Kier alpha value is -2.28. The largest absolute Gasteiger partial charge is 0.394 e. The Morgan fingerprint density at radius 2 is 2.11 bits per heavy atom. The first kappa shape index (κ1) is 18.1. The Balaban J connectivity index is 1.60. The van der Waals surface area contributed by atoms with Gasteiger partial charge in [0.2, 0.25) is 0 Å². The third-order valence-corrected chi connectivity index (χ3v) is 5.57. The number of allylic oxidation sites excluding steroid dienone is 3. The Labute approximate surface area is 163 Å². The molecule has 1 aromatic rings.